The van der Waals surface area contributed by atoms with E-state index in [9.17, 15) is 9.59 Å². The Morgan fingerprint density at radius 1 is 1.56 bits per heavy atom. The molecule has 1 N–H and O–H groups in total. The maximum atomic E-state index is 12.1. The number of methoxy groups -OCH3 is 1. The van der Waals surface area contributed by atoms with Crippen LogP contribution in [0, 0.1) is 5.92 Å². The van der Waals surface area contributed by atoms with Crippen LogP contribution >= 0.6 is 0 Å². The first-order chi connectivity index (χ1) is 8.61. The van der Waals surface area contributed by atoms with Gasteiger partial charge in [0.25, 0.3) is 5.91 Å². The number of ether oxygens (including phenoxy) is 1. The van der Waals surface area contributed by atoms with E-state index in [1.165, 1.54) is 19.5 Å². The third-order valence-corrected chi connectivity index (χ3v) is 2.94. The van der Waals surface area contributed by atoms with Crippen LogP contribution in [-0.4, -0.2) is 47.1 Å². The Morgan fingerprint density at radius 2 is 2.28 bits per heavy atom. The monoisotopic (exact) mass is 250 g/mol. The van der Waals surface area contributed by atoms with E-state index in [0.717, 1.165) is 0 Å². The van der Waals surface area contributed by atoms with Gasteiger partial charge in [-0.25, -0.2) is 0 Å². The summed E-state index contributed by atoms with van der Waals surface area (Å²) in [7, 11) is 1.48. The number of carboxylic acids is 1. The zero-order chi connectivity index (χ0) is 13.1. The van der Waals surface area contributed by atoms with Crippen LogP contribution in [0.5, 0.6) is 5.75 Å². The van der Waals surface area contributed by atoms with Gasteiger partial charge in [-0.15, -0.1) is 0 Å². The second-order valence-corrected chi connectivity index (χ2v) is 4.25. The summed E-state index contributed by atoms with van der Waals surface area (Å²) in [5, 5.41) is 8.64. The van der Waals surface area contributed by atoms with Gasteiger partial charge in [-0.2, -0.15) is 0 Å². The summed E-state index contributed by atoms with van der Waals surface area (Å²) in [4.78, 5) is 28.1. The number of hydrogen-bond acceptors (Lipinski definition) is 4. The number of likely N-dealkylation sites (tertiary alicyclic amines) is 1. The molecule has 2 rings (SSSR count). The molecule has 1 fully saturated rings. The summed E-state index contributed by atoms with van der Waals surface area (Å²) >= 11 is 0. The molecule has 0 atom stereocenters. The van der Waals surface area contributed by atoms with Crippen LogP contribution in [0.1, 0.15) is 16.8 Å². The third-order valence-electron chi connectivity index (χ3n) is 2.94. The Morgan fingerprint density at radius 3 is 2.89 bits per heavy atom. The molecule has 1 saturated heterocycles. The molecule has 1 aliphatic heterocycles. The number of aromatic nitrogens is 1. The topological polar surface area (TPSA) is 79.7 Å². The van der Waals surface area contributed by atoms with E-state index in [1.807, 2.05) is 0 Å². The van der Waals surface area contributed by atoms with E-state index >= 15 is 0 Å². The van der Waals surface area contributed by atoms with Crippen molar-refractivity contribution < 1.29 is 19.4 Å². The van der Waals surface area contributed by atoms with Crippen molar-refractivity contribution in [3.8, 4) is 5.75 Å². The molecule has 6 heteroatoms. The van der Waals surface area contributed by atoms with Crippen LogP contribution in [0.25, 0.3) is 0 Å². The summed E-state index contributed by atoms with van der Waals surface area (Å²) in [6, 6.07) is 1.60. The first-order valence-corrected chi connectivity index (χ1v) is 5.61. The molecule has 1 aromatic heterocycles. The van der Waals surface area contributed by atoms with Crippen molar-refractivity contribution in [2.24, 2.45) is 5.92 Å². The highest BCUT2D eigenvalue weighted by molar-refractivity contribution is 5.97. The first kappa shape index (κ1) is 12.3. The van der Waals surface area contributed by atoms with Crippen molar-refractivity contribution in [3.05, 3.63) is 24.0 Å². The molecule has 6 nitrogen and oxygen atoms in total. The minimum absolute atomic E-state index is 0.0549. The lowest BCUT2D eigenvalue weighted by Gasteiger charge is -2.38. The van der Waals surface area contributed by atoms with Crippen molar-refractivity contribution in [1.82, 2.24) is 9.88 Å². The van der Waals surface area contributed by atoms with Crippen LogP contribution in [0.2, 0.25) is 0 Å². The maximum Gasteiger partial charge on any atom is 0.303 e. The minimum Gasteiger partial charge on any atom is -0.494 e. The van der Waals surface area contributed by atoms with E-state index in [2.05, 4.69) is 4.98 Å². The quantitative estimate of drug-likeness (QED) is 0.848. The Labute approximate surface area is 104 Å². The molecule has 0 spiro atoms. The van der Waals surface area contributed by atoms with Crippen molar-refractivity contribution >= 4 is 11.9 Å². The molecule has 1 aliphatic rings. The molecule has 1 aromatic rings. The number of carbonyl (C=O) groups is 2. The Balaban J connectivity index is 1.99. The van der Waals surface area contributed by atoms with Crippen LogP contribution in [-0.2, 0) is 4.79 Å². The normalized spacial score (nSPS) is 15.1. The lowest BCUT2D eigenvalue weighted by molar-refractivity contribution is -0.139. The van der Waals surface area contributed by atoms with Gasteiger partial charge in [-0.3, -0.25) is 14.6 Å². The number of nitrogens with zero attached hydrogens (tertiary/aromatic N) is 2. The molecule has 1 amide bonds. The fourth-order valence-electron chi connectivity index (χ4n) is 2.00. The highest BCUT2D eigenvalue weighted by Gasteiger charge is 2.33. The zero-order valence-electron chi connectivity index (χ0n) is 10.00. The molecule has 0 aromatic carbocycles. The summed E-state index contributed by atoms with van der Waals surface area (Å²) < 4.78 is 5.07. The molecule has 96 valence electrons. The fourth-order valence-corrected chi connectivity index (χ4v) is 2.00. The number of rotatable bonds is 4. The largest absolute Gasteiger partial charge is 0.494 e. The van der Waals surface area contributed by atoms with Gasteiger partial charge in [0.1, 0.15) is 5.75 Å². The van der Waals surface area contributed by atoms with E-state index in [1.54, 1.807) is 11.0 Å². The Kier molecular flexibility index (Phi) is 3.45. The first-order valence-electron chi connectivity index (χ1n) is 5.61. The molecular weight excluding hydrogens is 236 g/mol. The average Bonchev–Trinajstić information content (AvgIpc) is 2.32. The molecule has 0 unspecified atom stereocenters. The van der Waals surface area contributed by atoms with Gasteiger partial charge >= 0.3 is 5.97 Å². The molecule has 0 bridgehead atoms. The van der Waals surface area contributed by atoms with Crippen LogP contribution in [0.3, 0.4) is 0 Å². The summed E-state index contributed by atoms with van der Waals surface area (Å²) in [6.07, 6.45) is 3.13. The van der Waals surface area contributed by atoms with Crippen LogP contribution in [0.15, 0.2) is 18.5 Å². The van der Waals surface area contributed by atoms with Gasteiger partial charge in [0.2, 0.25) is 0 Å². The van der Waals surface area contributed by atoms with Gasteiger partial charge in [0, 0.05) is 25.2 Å². The molecule has 0 radical (unpaired) electrons. The highest BCUT2D eigenvalue weighted by atomic mass is 16.5. The van der Waals surface area contributed by atoms with Gasteiger partial charge in [-0.05, 0) is 6.07 Å². The minimum atomic E-state index is -0.825. The van der Waals surface area contributed by atoms with E-state index in [-0.39, 0.29) is 18.2 Å². The molecule has 2 heterocycles. The van der Waals surface area contributed by atoms with E-state index in [4.69, 9.17) is 9.84 Å². The SMILES string of the molecule is COc1cnccc1C(=O)N1CC(CC(=O)O)C1. The molecule has 0 saturated carbocycles. The lowest BCUT2D eigenvalue weighted by atomic mass is 9.95. The van der Waals surface area contributed by atoms with Crippen molar-refractivity contribution in [3.63, 3.8) is 0 Å². The summed E-state index contributed by atoms with van der Waals surface area (Å²) in [6.45, 7) is 0.965. The summed E-state index contributed by atoms with van der Waals surface area (Å²) in [5.74, 6) is -0.479. The number of pyridine rings is 1. The maximum absolute atomic E-state index is 12.1. The van der Waals surface area contributed by atoms with Crippen molar-refractivity contribution in [2.45, 2.75) is 6.42 Å². The van der Waals surface area contributed by atoms with Gasteiger partial charge in [0.05, 0.1) is 25.3 Å². The second kappa shape index (κ2) is 5.03. The zero-order valence-corrected chi connectivity index (χ0v) is 10.00. The van der Waals surface area contributed by atoms with Crippen LogP contribution < -0.4 is 4.74 Å². The standard InChI is InChI=1S/C12H14N2O4/c1-18-10-5-13-3-2-9(10)12(17)14-6-8(7-14)4-11(15)16/h2-3,5,8H,4,6-7H2,1H3,(H,15,16). The number of amides is 1. The lowest BCUT2D eigenvalue weighted by Crippen LogP contribution is -2.50. The van der Waals surface area contributed by atoms with Crippen LogP contribution in [0.4, 0.5) is 0 Å². The summed E-state index contributed by atoms with van der Waals surface area (Å²) in [5.41, 5.74) is 0.460. The molecule has 0 aliphatic carbocycles. The molecule has 18 heavy (non-hydrogen) atoms. The van der Waals surface area contributed by atoms with Crippen molar-refractivity contribution in [1.29, 1.82) is 0 Å². The van der Waals surface area contributed by atoms with E-state index in [0.29, 0.717) is 24.4 Å². The van der Waals surface area contributed by atoms with E-state index < -0.39 is 5.97 Å². The van der Waals surface area contributed by atoms with Gasteiger partial charge < -0.3 is 14.7 Å². The highest BCUT2D eigenvalue weighted by Crippen LogP contribution is 2.24. The fraction of sp³-hybridized carbons (Fsp3) is 0.417. The smallest absolute Gasteiger partial charge is 0.303 e. The second-order valence-electron chi connectivity index (χ2n) is 4.25. The third kappa shape index (κ3) is 2.42. The average molecular weight is 250 g/mol. The van der Waals surface area contributed by atoms with Gasteiger partial charge in [0.15, 0.2) is 0 Å². The Bertz CT molecular complexity index is 469. The number of carboxylic acid groups (broad SMARTS) is 1. The van der Waals surface area contributed by atoms with Gasteiger partial charge in [-0.1, -0.05) is 0 Å². The predicted octanol–water partition coefficient (Wildman–Crippen LogP) is 0.637. The number of hydrogen-bond donors (Lipinski definition) is 1. The number of carbonyl (C=O) groups excluding carboxylic acids is 1. The number of aliphatic carboxylic acids is 1. The van der Waals surface area contributed by atoms with Crippen molar-refractivity contribution in [2.75, 3.05) is 20.2 Å². The molecular formula is C12H14N2O4. The Hall–Kier alpha value is -2.11. The predicted molar refractivity (Wildman–Crippen MR) is 62.4 cm³/mol.